The monoisotopic (exact) mass is 302 g/mol. The van der Waals surface area contributed by atoms with Crippen LogP contribution in [0.2, 0.25) is 0 Å². The maximum absolute atomic E-state index is 11.2. The SMILES string of the molecule is C=C/C=C(Cl)\C=C(\Cl)Cc1scc(C(C)=O)c1O. The van der Waals surface area contributed by atoms with Crippen LogP contribution in [0.3, 0.4) is 0 Å². The largest absolute Gasteiger partial charge is 0.506 e. The molecule has 1 aromatic heterocycles. The number of hydrogen-bond acceptors (Lipinski definition) is 3. The van der Waals surface area contributed by atoms with E-state index in [1.807, 2.05) is 0 Å². The van der Waals surface area contributed by atoms with Crippen LogP contribution in [0.15, 0.2) is 40.3 Å². The molecule has 0 fully saturated rings. The van der Waals surface area contributed by atoms with Gasteiger partial charge in [0.1, 0.15) is 5.75 Å². The van der Waals surface area contributed by atoms with Crippen LogP contribution in [0.1, 0.15) is 22.2 Å². The number of allylic oxidation sites excluding steroid dienone is 5. The van der Waals surface area contributed by atoms with Gasteiger partial charge in [-0.2, -0.15) is 0 Å². The summed E-state index contributed by atoms with van der Waals surface area (Å²) in [6, 6.07) is 0. The lowest BCUT2D eigenvalue weighted by Crippen LogP contribution is -1.89. The van der Waals surface area contributed by atoms with Gasteiger partial charge in [0, 0.05) is 21.9 Å². The number of rotatable bonds is 5. The summed E-state index contributed by atoms with van der Waals surface area (Å²) in [6.07, 6.45) is 5.09. The first kappa shape index (κ1) is 15.0. The molecule has 0 aliphatic carbocycles. The van der Waals surface area contributed by atoms with Gasteiger partial charge < -0.3 is 5.11 Å². The minimum Gasteiger partial charge on any atom is -0.506 e. The molecule has 1 N–H and O–H groups in total. The fourth-order valence-corrected chi connectivity index (χ4v) is 2.89. The molecule has 1 heterocycles. The molecule has 1 aromatic rings. The van der Waals surface area contributed by atoms with E-state index >= 15 is 0 Å². The molecule has 0 unspecified atom stereocenters. The number of carbonyl (C=O) groups is 1. The number of aromatic hydroxyl groups is 1. The van der Waals surface area contributed by atoms with Crippen molar-refractivity contribution >= 4 is 40.3 Å². The van der Waals surface area contributed by atoms with E-state index in [4.69, 9.17) is 23.2 Å². The molecule has 5 heteroatoms. The lowest BCUT2D eigenvalue weighted by atomic mass is 10.2. The highest BCUT2D eigenvalue weighted by atomic mass is 35.5. The fraction of sp³-hybridized carbons (Fsp3) is 0.154. The molecule has 0 saturated carbocycles. The van der Waals surface area contributed by atoms with Crippen molar-refractivity contribution in [3.8, 4) is 5.75 Å². The van der Waals surface area contributed by atoms with Crippen molar-refractivity contribution in [1.29, 1.82) is 0 Å². The normalized spacial score (nSPS) is 12.6. The molecule has 96 valence electrons. The van der Waals surface area contributed by atoms with Crippen LogP contribution in [0.25, 0.3) is 0 Å². The van der Waals surface area contributed by atoms with Crippen molar-refractivity contribution in [3.63, 3.8) is 0 Å². The van der Waals surface area contributed by atoms with E-state index in [9.17, 15) is 9.90 Å². The molecule has 2 nitrogen and oxygen atoms in total. The Morgan fingerprint density at radius 2 is 2.22 bits per heavy atom. The Hall–Kier alpha value is -1.03. The third-order valence-electron chi connectivity index (χ3n) is 2.12. The standard InChI is InChI=1S/C13H12Cl2O2S/c1-3-4-9(14)5-10(15)6-12-13(17)11(7-18-12)8(2)16/h3-5,7,17H,1,6H2,2H3/b9-4+,10-5+. The fourth-order valence-electron chi connectivity index (χ4n) is 1.28. The van der Waals surface area contributed by atoms with Crippen LogP contribution in [-0.2, 0) is 6.42 Å². The Morgan fingerprint density at radius 1 is 1.56 bits per heavy atom. The number of carbonyl (C=O) groups excluding carboxylic acids is 1. The van der Waals surface area contributed by atoms with E-state index in [0.717, 1.165) is 0 Å². The number of Topliss-reactive ketones (excluding diaryl/α,β-unsaturated/α-hetero) is 1. The summed E-state index contributed by atoms with van der Waals surface area (Å²) in [4.78, 5) is 11.8. The zero-order chi connectivity index (χ0) is 13.7. The minimum absolute atomic E-state index is 0.00266. The summed E-state index contributed by atoms with van der Waals surface area (Å²) in [5.74, 6) is -0.164. The Labute approximate surface area is 120 Å². The minimum atomic E-state index is -0.167. The van der Waals surface area contributed by atoms with Crippen molar-refractivity contribution < 1.29 is 9.90 Å². The first-order chi connectivity index (χ1) is 8.45. The first-order valence-corrected chi connectivity index (χ1v) is 6.73. The van der Waals surface area contributed by atoms with Gasteiger partial charge in [0.2, 0.25) is 0 Å². The Balaban J connectivity index is 2.89. The number of hydrogen-bond donors (Lipinski definition) is 1. The van der Waals surface area contributed by atoms with Crippen molar-refractivity contribution in [2.24, 2.45) is 0 Å². The van der Waals surface area contributed by atoms with Crippen molar-refractivity contribution in [3.05, 3.63) is 50.7 Å². The molecule has 18 heavy (non-hydrogen) atoms. The van der Waals surface area contributed by atoms with Gasteiger partial charge in [-0.05, 0) is 19.1 Å². The summed E-state index contributed by atoms with van der Waals surface area (Å²) >= 11 is 13.2. The highest BCUT2D eigenvalue weighted by Gasteiger charge is 2.14. The van der Waals surface area contributed by atoms with Gasteiger partial charge >= 0.3 is 0 Å². The van der Waals surface area contributed by atoms with Crippen LogP contribution in [0, 0.1) is 0 Å². The van der Waals surface area contributed by atoms with Gasteiger partial charge in [-0.25, -0.2) is 0 Å². The van der Waals surface area contributed by atoms with E-state index in [1.54, 1.807) is 23.6 Å². The third-order valence-corrected chi connectivity index (χ3v) is 3.57. The van der Waals surface area contributed by atoms with E-state index in [-0.39, 0.29) is 11.5 Å². The maximum Gasteiger partial charge on any atom is 0.164 e. The second-order valence-corrected chi connectivity index (χ2v) is 5.42. The molecule has 0 bridgehead atoms. The Morgan fingerprint density at radius 3 is 2.72 bits per heavy atom. The zero-order valence-corrected chi connectivity index (χ0v) is 12.1. The summed E-state index contributed by atoms with van der Waals surface area (Å²) in [7, 11) is 0. The first-order valence-electron chi connectivity index (χ1n) is 5.10. The number of halogens is 2. The van der Waals surface area contributed by atoms with Gasteiger partial charge in [0.15, 0.2) is 5.78 Å². The van der Waals surface area contributed by atoms with Crippen LogP contribution < -0.4 is 0 Å². The average molecular weight is 303 g/mol. The summed E-state index contributed by atoms with van der Waals surface area (Å²) in [5, 5.41) is 12.4. The summed E-state index contributed by atoms with van der Waals surface area (Å²) in [6.45, 7) is 4.93. The molecule has 0 aliphatic rings. The molecule has 0 radical (unpaired) electrons. The van der Waals surface area contributed by atoms with E-state index in [2.05, 4.69) is 6.58 Å². The smallest absolute Gasteiger partial charge is 0.164 e. The Bertz CT molecular complexity index is 527. The van der Waals surface area contributed by atoms with Crippen molar-refractivity contribution in [1.82, 2.24) is 0 Å². The van der Waals surface area contributed by atoms with Crippen LogP contribution in [0.4, 0.5) is 0 Å². The van der Waals surface area contributed by atoms with Crippen LogP contribution in [-0.4, -0.2) is 10.9 Å². The second-order valence-electron chi connectivity index (χ2n) is 3.53. The van der Waals surface area contributed by atoms with Gasteiger partial charge in [0.05, 0.1) is 10.4 Å². The van der Waals surface area contributed by atoms with E-state index in [1.165, 1.54) is 18.3 Å². The lowest BCUT2D eigenvalue weighted by molar-refractivity contribution is 0.101. The molecule has 0 atom stereocenters. The van der Waals surface area contributed by atoms with Gasteiger partial charge in [-0.1, -0.05) is 35.9 Å². The third kappa shape index (κ3) is 4.02. The number of ketones is 1. The molecule has 0 aliphatic heterocycles. The maximum atomic E-state index is 11.2. The lowest BCUT2D eigenvalue weighted by Gasteiger charge is -1.99. The molecular formula is C13H12Cl2O2S. The molecule has 1 rings (SSSR count). The predicted octanol–water partition coefficient (Wildman–Crippen LogP) is 4.63. The van der Waals surface area contributed by atoms with Crippen molar-refractivity contribution in [2.45, 2.75) is 13.3 Å². The van der Waals surface area contributed by atoms with Gasteiger partial charge in [0.25, 0.3) is 0 Å². The summed E-state index contributed by atoms with van der Waals surface area (Å²) < 4.78 is 0. The molecule has 0 aromatic carbocycles. The Kier molecular flexibility index (Phi) is 5.66. The molecule has 0 spiro atoms. The quantitative estimate of drug-likeness (QED) is 0.636. The molecular weight excluding hydrogens is 291 g/mol. The average Bonchev–Trinajstić information content (AvgIpc) is 2.60. The van der Waals surface area contributed by atoms with E-state index in [0.29, 0.717) is 26.9 Å². The van der Waals surface area contributed by atoms with E-state index < -0.39 is 0 Å². The number of thiophene rings is 1. The molecule has 0 saturated heterocycles. The van der Waals surface area contributed by atoms with Crippen LogP contribution >= 0.6 is 34.5 Å². The highest BCUT2D eigenvalue weighted by molar-refractivity contribution is 7.10. The predicted molar refractivity (Wildman–Crippen MR) is 77.8 cm³/mol. The van der Waals surface area contributed by atoms with Gasteiger partial charge in [-0.15, -0.1) is 11.3 Å². The molecule has 0 amide bonds. The summed E-state index contributed by atoms with van der Waals surface area (Å²) in [5.41, 5.74) is 0.326. The topological polar surface area (TPSA) is 37.3 Å². The van der Waals surface area contributed by atoms with Gasteiger partial charge in [-0.3, -0.25) is 4.79 Å². The highest BCUT2D eigenvalue weighted by Crippen LogP contribution is 2.32. The zero-order valence-electron chi connectivity index (χ0n) is 9.74. The van der Waals surface area contributed by atoms with Crippen LogP contribution in [0.5, 0.6) is 5.75 Å². The second kappa shape index (κ2) is 6.78. The van der Waals surface area contributed by atoms with Crippen molar-refractivity contribution in [2.75, 3.05) is 0 Å².